The molecule has 7 heteroatoms. The Labute approximate surface area is 143 Å². The van der Waals surface area contributed by atoms with Gasteiger partial charge in [-0.1, -0.05) is 0 Å². The van der Waals surface area contributed by atoms with Crippen LogP contribution in [0.25, 0.3) is 0 Å². The summed E-state index contributed by atoms with van der Waals surface area (Å²) < 4.78 is 6.12. The van der Waals surface area contributed by atoms with Gasteiger partial charge in [-0.05, 0) is 53.8 Å². The maximum Gasteiger partial charge on any atom is 0.409 e. The van der Waals surface area contributed by atoms with Gasteiger partial charge < -0.3 is 19.9 Å². The highest BCUT2D eigenvalue weighted by Crippen LogP contribution is 2.11. The zero-order chi connectivity index (χ0) is 15.9. The molecular weight excluding hydrogens is 397 g/mol. The third-order valence-corrected chi connectivity index (χ3v) is 4.17. The predicted octanol–water partition coefficient (Wildman–Crippen LogP) is 2.00. The highest BCUT2D eigenvalue weighted by molar-refractivity contribution is 14.1. The summed E-state index contributed by atoms with van der Waals surface area (Å²) in [7, 11) is 0. The highest BCUT2D eigenvalue weighted by Gasteiger charge is 2.24. The number of piperazine rings is 1. The summed E-state index contributed by atoms with van der Waals surface area (Å²) in [5.41, 5.74) is 0.930. The molecule has 1 aliphatic heterocycles. The van der Waals surface area contributed by atoms with Crippen molar-refractivity contribution in [3.63, 3.8) is 0 Å². The van der Waals surface area contributed by atoms with Crippen molar-refractivity contribution in [1.29, 1.82) is 0 Å². The number of rotatable bonds is 4. The minimum absolute atomic E-state index is 0.0436. The Morgan fingerprint density at radius 2 is 1.73 bits per heavy atom. The van der Waals surface area contributed by atoms with Crippen molar-refractivity contribution < 1.29 is 14.3 Å². The molecule has 1 aromatic rings. The van der Waals surface area contributed by atoms with Gasteiger partial charge in [-0.15, -0.1) is 0 Å². The van der Waals surface area contributed by atoms with Crippen molar-refractivity contribution in [2.75, 3.05) is 44.6 Å². The molecule has 0 saturated carbocycles. The molecule has 0 aliphatic carbocycles. The summed E-state index contributed by atoms with van der Waals surface area (Å²) in [6.07, 6.45) is -0.299. The Balaban J connectivity index is 1.75. The van der Waals surface area contributed by atoms with Crippen LogP contribution in [0.4, 0.5) is 10.5 Å². The number of halogens is 1. The van der Waals surface area contributed by atoms with Crippen LogP contribution >= 0.6 is 22.6 Å². The SMILES string of the molecule is CCOC(=O)N1CCN(C(=O)CNc2ccc(I)cc2)CC1. The molecule has 0 atom stereocenters. The van der Waals surface area contributed by atoms with Crippen molar-refractivity contribution >= 4 is 40.3 Å². The second kappa shape index (κ2) is 8.21. The molecule has 2 amide bonds. The smallest absolute Gasteiger partial charge is 0.409 e. The third-order valence-electron chi connectivity index (χ3n) is 3.45. The molecule has 0 unspecified atom stereocenters. The van der Waals surface area contributed by atoms with Crippen LogP contribution < -0.4 is 5.32 Å². The van der Waals surface area contributed by atoms with E-state index in [4.69, 9.17) is 4.74 Å². The number of ether oxygens (including phenoxy) is 1. The molecule has 0 aromatic heterocycles. The molecule has 0 radical (unpaired) electrons. The van der Waals surface area contributed by atoms with Gasteiger partial charge in [0.15, 0.2) is 0 Å². The maximum absolute atomic E-state index is 12.2. The van der Waals surface area contributed by atoms with Crippen molar-refractivity contribution in [3.8, 4) is 0 Å². The molecule has 1 N–H and O–H groups in total. The molecule has 1 aliphatic rings. The standard InChI is InChI=1S/C15H20IN3O3/c1-2-22-15(21)19-9-7-18(8-10-19)14(20)11-17-13-5-3-12(16)4-6-13/h3-6,17H,2,7-11H2,1H3. The van der Waals surface area contributed by atoms with E-state index in [2.05, 4.69) is 27.9 Å². The number of hydrogen-bond acceptors (Lipinski definition) is 4. The first-order valence-electron chi connectivity index (χ1n) is 7.29. The molecule has 120 valence electrons. The molecule has 0 spiro atoms. The lowest BCUT2D eigenvalue weighted by molar-refractivity contribution is -0.130. The third kappa shape index (κ3) is 4.75. The molecule has 22 heavy (non-hydrogen) atoms. The lowest BCUT2D eigenvalue weighted by Crippen LogP contribution is -2.51. The Morgan fingerprint density at radius 1 is 1.14 bits per heavy atom. The van der Waals surface area contributed by atoms with Crippen LogP contribution in [0.1, 0.15) is 6.92 Å². The molecule has 1 aromatic carbocycles. The zero-order valence-electron chi connectivity index (χ0n) is 12.5. The topological polar surface area (TPSA) is 61.9 Å². The van der Waals surface area contributed by atoms with Crippen molar-refractivity contribution in [3.05, 3.63) is 27.8 Å². The second-order valence-corrected chi connectivity index (χ2v) is 6.17. The fourth-order valence-corrected chi connectivity index (χ4v) is 2.57. The van der Waals surface area contributed by atoms with Gasteiger partial charge in [-0.25, -0.2) is 4.79 Å². The first kappa shape index (κ1) is 16.9. The Hall–Kier alpha value is -1.51. The molecule has 1 heterocycles. The average Bonchev–Trinajstić information content (AvgIpc) is 2.54. The fourth-order valence-electron chi connectivity index (χ4n) is 2.21. The summed E-state index contributed by atoms with van der Waals surface area (Å²) in [5.74, 6) is 0.0436. The van der Waals surface area contributed by atoms with Gasteiger partial charge in [0.1, 0.15) is 0 Å². The molecule has 1 fully saturated rings. The van der Waals surface area contributed by atoms with E-state index in [0.717, 1.165) is 9.26 Å². The van der Waals surface area contributed by atoms with Crippen LogP contribution in [0, 0.1) is 3.57 Å². The molecule has 1 saturated heterocycles. The number of carbonyl (C=O) groups excluding carboxylic acids is 2. The lowest BCUT2D eigenvalue weighted by atomic mass is 10.3. The highest BCUT2D eigenvalue weighted by atomic mass is 127. The Bertz CT molecular complexity index is 513. The van der Waals surface area contributed by atoms with Crippen LogP contribution in [0.15, 0.2) is 24.3 Å². The quantitative estimate of drug-likeness (QED) is 0.762. The summed E-state index contributed by atoms with van der Waals surface area (Å²) in [5, 5.41) is 3.12. The van der Waals surface area contributed by atoms with E-state index < -0.39 is 0 Å². The van der Waals surface area contributed by atoms with E-state index in [1.807, 2.05) is 24.3 Å². The summed E-state index contributed by atoms with van der Waals surface area (Å²) >= 11 is 2.24. The van der Waals surface area contributed by atoms with Crippen LogP contribution in [-0.2, 0) is 9.53 Å². The van der Waals surface area contributed by atoms with Crippen molar-refractivity contribution in [1.82, 2.24) is 9.80 Å². The fraction of sp³-hybridized carbons (Fsp3) is 0.467. The number of carbonyl (C=O) groups is 2. The number of nitrogens with one attached hydrogen (secondary N) is 1. The molecule has 6 nitrogen and oxygen atoms in total. The Kier molecular flexibility index (Phi) is 6.29. The minimum Gasteiger partial charge on any atom is -0.450 e. The zero-order valence-corrected chi connectivity index (χ0v) is 14.7. The van der Waals surface area contributed by atoms with E-state index in [1.54, 1.807) is 16.7 Å². The van der Waals surface area contributed by atoms with Crippen molar-refractivity contribution in [2.24, 2.45) is 0 Å². The van der Waals surface area contributed by atoms with Crippen LogP contribution in [0.3, 0.4) is 0 Å². The van der Waals surface area contributed by atoms with E-state index in [1.165, 1.54) is 0 Å². The molecule has 0 bridgehead atoms. The van der Waals surface area contributed by atoms with Crippen LogP contribution in [-0.4, -0.2) is 61.1 Å². The predicted molar refractivity (Wildman–Crippen MR) is 92.8 cm³/mol. The van der Waals surface area contributed by atoms with Gasteiger partial charge in [0.25, 0.3) is 0 Å². The van der Waals surface area contributed by atoms with Gasteiger partial charge in [0, 0.05) is 35.4 Å². The van der Waals surface area contributed by atoms with Gasteiger partial charge in [-0.3, -0.25) is 4.79 Å². The van der Waals surface area contributed by atoms with Crippen molar-refractivity contribution in [2.45, 2.75) is 6.92 Å². The van der Waals surface area contributed by atoms with Gasteiger partial charge in [0.05, 0.1) is 13.2 Å². The monoisotopic (exact) mass is 417 g/mol. The van der Waals surface area contributed by atoms with Gasteiger partial charge in [0.2, 0.25) is 5.91 Å². The van der Waals surface area contributed by atoms with Gasteiger partial charge >= 0.3 is 6.09 Å². The average molecular weight is 417 g/mol. The molecule has 2 rings (SSSR count). The summed E-state index contributed by atoms with van der Waals surface area (Å²) in [6, 6.07) is 7.89. The number of amides is 2. The van der Waals surface area contributed by atoms with Crippen LogP contribution in [0.5, 0.6) is 0 Å². The summed E-state index contributed by atoms with van der Waals surface area (Å²) in [6.45, 7) is 4.56. The van der Waals surface area contributed by atoms with E-state index in [0.29, 0.717) is 32.8 Å². The largest absolute Gasteiger partial charge is 0.450 e. The number of hydrogen-bond donors (Lipinski definition) is 1. The first-order valence-corrected chi connectivity index (χ1v) is 8.37. The lowest BCUT2D eigenvalue weighted by Gasteiger charge is -2.34. The Morgan fingerprint density at radius 3 is 2.32 bits per heavy atom. The van der Waals surface area contributed by atoms with E-state index in [-0.39, 0.29) is 18.5 Å². The van der Waals surface area contributed by atoms with Gasteiger partial charge in [-0.2, -0.15) is 0 Å². The van der Waals surface area contributed by atoms with Crippen LogP contribution in [0.2, 0.25) is 0 Å². The number of nitrogens with zero attached hydrogens (tertiary/aromatic N) is 2. The second-order valence-electron chi connectivity index (χ2n) is 4.93. The van der Waals surface area contributed by atoms with E-state index in [9.17, 15) is 9.59 Å². The normalized spacial score (nSPS) is 14.6. The van der Waals surface area contributed by atoms with E-state index >= 15 is 0 Å². The maximum atomic E-state index is 12.2. The molecular formula is C15H20IN3O3. The number of benzene rings is 1. The minimum atomic E-state index is -0.299. The number of anilines is 1. The summed E-state index contributed by atoms with van der Waals surface area (Å²) in [4.78, 5) is 27.2. The first-order chi connectivity index (χ1) is 10.6.